The molecule has 0 N–H and O–H groups in total. The summed E-state index contributed by atoms with van der Waals surface area (Å²) in [7, 11) is 0. The number of nitrogens with zero attached hydrogens (tertiary/aromatic N) is 2. The highest BCUT2D eigenvalue weighted by atomic mass is 32.2. The molecule has 1 aliphatic carbocycles. The highest BCUT2D eigenvalue weighted by molar-refractivity contribution is 8.05. The fraction of sp³-hybridized carbons (Fsp3) is 0.478. The molecule has 2 amide bonds. The highest BCUT2D eigenvalue weighted by Crippen LogP contribution is 2.30. The van der Waals surface area contributed by atoms with Crippen LogP contribution in [0.3, 0.4) is 0 Å². The van der Waals surface area contributed by atoms with Gasteiger partial charge in [0.2, 0.25) is 5.91 Å². The van der Waals surface area contributed by atoms with Gasteiger partial charge in [0.25, 0.3) is 5.91 Å². The lowest BCUT2D eigenvalue weighted by Gasteiger charge is -2.26. The molecule has 0 aromatic heterocycles. The Morgan fingerprint density at radius 3 is 2.59 bits per heavy atom. The third kappa shape index (κ3) is 5.10. The fourth-order valence-electron chi connectivity index (χ4n) is 4.30. The minimum absolute atomic E-state index is 0.0269. The number of benzene rings is 1. The molecule has 1 aromatic carbocycles. The number of rotatable bonds is 7. The molecule has 0 atom stereocenters. The quantitative estimate of drug-likeness (QED) is 0.587. The zero-order valence-electron chi connectivity index (χ0n) is 16.7. The minimum Gasteiger partial charge on any atom is -0.327 e. The van der Waals surface area contributed by atoms with Gasteiger partial charge in [-0.05, 0) is 48.1 Å². The zero-order chi connectivity index (χ0) is 20.1. The topological polar surface area (TPSA) is 40.6 Å². The molecule has 4 rings (SSSR count). The molecular weight excluding hydrogens is 400 g/mol. The van der Waals surface area contributed by atoms with Crippen LogP contribution in [0.15, 0.2) is 47.0 Å². The number of carbonyl (C=O) groups excluding carboxylic acids is 2. The lowest BCUT2D eigenvalue weighted by Crippen LogP contribution is -2.38. The van der Waals surface area contributed by atoms with Gasteiger partial charge >= 0.3 is 0 Å². The van der Waals surface area contributed by atoms with Crippen LogP contribution in [0.2, 0.25) is 0 Å². The first-order valence-electron chi connectivity index (χ1n) is 10.5. The van der Waals surface area contributed by atoms with Crippen molar-refractivity contribution < 1.29 is 9.59 Å². The van der Waals surface area contributed by atoms with Crippen molar-refractivity contribution in [2.75, 3.05) is 18.2 Å². The number of hydrogen-bond donors (Lipinski definition) is 0. The Bertz CT molecular complexity index is 790. The van der Waals surface area contributed by atoms with Crippen molar-refractivity contribution in [3.05, 3.63) is 58.1 Å². The zero-order valence-corrected chi connectivity index (χ0v) is 18.4. The molecule has 154 valence electrons. The molecule has 1 fully saturated rings. The minimum atomic E-state index is -0.0269. The predicted octanol–water partition coefficient (Wildman–Crippen LogP) is 4.77. The second-order valence-corrected chi connectivity index (χ2v) is 9.79. The number of amides is 2. The lowest BCUT2D eigenvalue weighted by molar-refractivity contribution is -0.133. The van der Waals surface area contributed by atoms with E-state index in [0.29, 0.717) is 12.1 Å². The smallest absolute Gasteiger partial charge is 0.272 e. The van der Waals surface area contributed by atoms with Crippen LogP contribution in [0.4, 0.5) is 0 Å². The van der Waals surface area contributed by atoms with Crippen LogP contribution >= 0.6 is 23.5 Å². The van der Waals surface area contributed by atoms with Crippen molar-refractivity contribution in [3.8, 4) is 0 Å². The third-order valence-electron chi connectivity index (χ3n) is 5.89. The van der Waals surface area contributed by atoms with Crippen LogP contribution in [0.1, 0.15) is 43.2 Å². The summed E-state index contributed by atoms with van der Waals surface area (Å²) in [5, 5.41) is 3.67. The maximum absolute atomic E-state index is 12.7. The van der Waals surface area contributed by atoms with E-state index in [0.717, 1.165) is 36.9 Å². The van der Waals surface area contributed by atoms with Crippen molar-refractivity contribution in [2.45, 2.75) is 44.9 Å². The number of fused-ring (bicyclic) bond motifs is 1. The second-order valence-electron chi connectivity index (χ2n) is 7.94. The van der Waals surface area contributed by atoms with Crippen LogP contribution in [-0.2, 0) is 22.4 Å². The number of hydrogen-bond acceptors (Lipinski definition) is 4. The largest absolute Gasteiger partial charge is 0.327 e. The molecule has 0 radical (unpaired) electrons. The number of thioether (sulfide) groups is 2. The molecule has 1 saturated heterocycles. The van der Waals surface area contributed by atoms with E-state index in [2.05, 4.69) is 24.3 Å². The van der Waals surface area contributed by atoms with Gasteiger partial charge < -0.3 is 4.90 Å². The van der Waals surface area contributed by atoms with Crippen molar-refractivity contribution in [1.82, 2.24) is 9.80 Å². The predicted molar refractivity (Wildman–Crippen MR) is 121 cm³/mol. The first-order chi connectivity index (χ1) is 14.2. The first-order valence-corrected chi connectivity index (χ1v) is 12.6. The van der Waals surface area contributed by atoms with Crippen LogP contribution < -0.4 is 0 Å². The molecule has 29 heavy (non-hydrogen) atoms. The van der Waals surface area contributed by atoms with Gasteiger partial charge in [0, 0.05) is 30.3 Å². The molecule has 4 nitrogen and oxygen atoms in total. The Morgan fingerprint density at radius 1 is 1.07 bits per heavy atom. The van der Waals surface area contributed by atoms with Crippen LogP contribution in [0.25, 0.3) is 0 Å². The monoisotopic (exact) mass is 428 g/mol. The average Bonchev–Trinajstić information content (AvgIpc) is 3.42. The Labute approximate surface area is 181 Å². The second kappa shape index (κ2) is 9.90. The van der Waals surface area contributed by atoms with Crippen LogP contribution in [0, 0.1) is 5.92 Å². The molecule has 2 heterocycles. The lowest BCUT2D eigenvalue weighted by atomic mass is 9.98. The van der Waals surface area contributed by atoms with Gasteiger partial charge in [-0.3, -0.25) is 14.5 Å². The van der Waals surface area contributed by atoms with Gasteiger partial charge in [-0.1, -0.05) is 37.1 Å². The molecule has 3 aliphatic rings. The van der Waals surface area contributed by atoms with Crippen molar-refractivity contribution in [2.24, 2.45) is 5.92 Å². The fourth-order valence-corrected chi connectivity index (χ4v) is 5.86. The van der Waals surface area contributed by atoms with Gasteiger partial charge in [-0.15, -0.1) is 23.5 Å². The third-order valence-corrected chi connectivity index (χ3v) is 7.50. The molecule has 1 aromatic rings. The number of carbonyl (C=O) groups is 2. The maximum atomic E-state index is 12.7. The summed E-state index contributed by atoms with van der Waals surface area (Å²) >= 11 is 3.22. The van der Waals surface area contributed by atoms with E-state index in [1.54, 1.807) is 28.3 Å². The maximum Gasteiger partial charge on any atom is 0.272 e. The summed E-state index contributed by atoms with van der Waals surface area (Å²) < 4.78 is 0. The molecule has 6 heteroatoms. The summed E-state index contributed by atoms with van der Waals surface area (Å²) in [6.45, 7) is 0.766. The van der Waals surface area contributed by atoms with Crippen molar-refractivity contribution in [1.29, 1.82) is 0 Å². The van der Waals surface area contributed by atoms with E-state index in [1.807, 2.05) is 10.3 Å². The molecule has 0 spiro atoms. The van der Waals surface area contributed by atoms with E-state index in [4.69, 9.17) is 0 Å². The summed E-state index contributed by atoms with van der Waals surface area (Å²) in [6, 6.07) is 8.78. The Balaban J connectivity index is 1.19. The SMILES string of the molecule is O=C(C1=CSC=CN1C(=O)CCCCCC1Cc2ccccc2C1)N1CCSC1. The van der Waals surface area contributed by atoms with Crippen LogP contribution in [-0.4, -0.2) is 39.8 Å². The van der Waals surface area contributed by atoms with Gasteiger partial charge in [-0.25, -0.2) is 0 Å². The van der Waals surface area contributed by atoms with Crippen molar-refractivity contribution >= 4 is 35.3 Å². The molecule has 0 bridgehead atoms. The van der Waals surface area contributed by atoms with Crippen LogP contribution in [0.5, 0.6) is 0 Å². The van der Waals surface area contributed by atoms with Crippen molar-refractivity contribution in [3.63, 3.8) is 0 Å². The Kier molecular flexibility index (Phi) is 7.03. The van der Waals surface area contributed by atoms with E-state index >= 15 is 0 Å². The molecule has 2 aliphatic heterocycles. The summed E-state index contributed by atoms with van der Waals surface area (Å²) in [4.78, 5) is 28.9. The number of unbranched alkanes of at least 4 members (excludes halogenated alkanes) is 2. The van der Waals surface area contributed by atoms with Gasteiger partial charge in [0.05, 0.1) is 5.88 Å². The van der Waals surface area contributed by atoms with Gasteiger partial charge in [0.1, 0.15) is 5.70 Å². The van der Waals surface area contributed by atoms with E-state index in [-0.39, 0.29) is 11.8 Å². The average molecular weight is 429 g/mol. The summed E-state index contributed by atoms with van der Waals surface area (Å²) in [5.74, 6) is 2.46. The van der Waals surface area contributed by atoms with Gasteiger partial charge in [-0.2, -0.15) is 0 Å². The van der Waals surface area contributed by atoms with Gasteiger partial charge in [0.15, 0.2) is 0 Å². The summed E-state index contributed by atoms with van der Waals surface area (Å²) in [6.07, 6.45) is 9.02. The van der Waals surface area contributed by atoms with E-state index in [9.17, 15) is 9.59 Å². The summed E-state index contributed by atoms with van der Waals surface area (Å²) in [5.41, 5.74) is 3.54. The molecular formula is C23H28N2O2S2. The van der Waals surface area contributed by atoms with E-state index < -0.39 is 0 Å². The highest BCUT2D eigenvalue weighted by Gasteiger charge is 2.29. The Hall–Kier alpha value is -1.66. The standard InChI is InChI=1S/C23H28N2O2S2/c26-22(25-11-13-28-16-21(25)23(27)24-10-12-29-17-24)9-3-1-2-6-18-14-19-7-4-5-8-20(19)15-18/h4-5,7-8,11,13,16,18H,1-3,6,9-10,12,14-15,17H2. The Morgan fingerprint density at radius 2 is 1.86 bits per heavy atom. The normalized spacial score (nSPS) is 18.8. The first kappa shape index (κ1) is 20.6. The molecule has 0 unspecified atom stereocenters. The van der Waals surface area contributed by atoms with E-state index in [1.165, 1.54) is 48.6 Å². The molecule has 0 saturated carbocycles.